The normalized spacial score (nSPS) is 10.9. The molecule has 0 unspecified atom stereocenters. The quantitative estimate of drug-likeness (QED) is 0.427. The first kappa shape index (κ1) is 24.8. The number of hydrogen-bond donors (Lipinski definition) is 2. The van der Waals surface area contributed by atoms with Crippen molar-refractivity contribution in [1.82, 2.24) is 5.32 Å². The van der Waals surface area contributed by atoms with E-state index in [0.717, 1.165) is 5.56 Å². The third-order valence-corrected chi connectivity index (χ3v) is 6.51. The standard InChI is InChI=1S/C25H26N2O6S/c1-17(28)19-7-11-22(12-8-19)34(30,31)27-21-9-5-20(6-10-21)25(29)26-15-14-18-4-13-23(32-2)24(16-18)33-3/h4-13,16,27H,14-15H2,1-3H3,(H,26,29). The van der Waals surface area contributed by atoms with Crippen LogP contribution in [0.1, 0.15) is 33.2 Å². The lowest BCUT2D eigenvalue weighted by atomic mass is 10.1. The van der Waals surface area contributed by atoms with Gasteiger partial charge in [-0.05, 0) is 67.4 Å². The lowest BCUT2D eigenvalue weighted by molar-refractivity contribution is 0.0953. The smallest absolute Gasteiger partial charge is 0.261 e. The molecule has 0 saturated carbocycles. The molecular formula is C25H26N2O6S. The Morgan fingerprint density at radius 3 is 2.03 bits per heavy atom. The molecule has 9 heteroatoms. The number of carbonyl (C=O) groups is 2. The van der Waals surface area contributed by atoms with Crippen LogP contribution in [0.15, 0.2) is 71.6 Å². The topological polar surface area (TPSA) is 111 Å². The number of anilines is 1. The average molecular weight is 483 g/mol. The van der Waals surface area contributed by atoms with Gasteiger partial charge in [0.25, 0.3) is 15.9 Å². The van der Waals surface area contributed by atoms with E-state index in [4.69, 9.17) is 9.47 Å². The second-order valence-corrected chi connectivity index (χ2v) is 9.14. The number of sulfonamides is 1. The Hall–Kier alpha value is -3.85. The summed E-state index contributed by atoms with van der Waals surface area (Å²) >= 11 is 0. The first-order valence-electron chi connectivity index (χ1n) is 10.5. The molecule has 0 aliphatic rings. The van der Waals surface area contributed by atoms with E-state index < -0.39 is 10.0 Å². The van der Waals surface area contributed by atoms with Crippen molar-refractivity contribution in [3.05, 3.63) is 83.4 Å². The summed E-state index contributed by atoms with van der Waals surface area (Å²) < 4.78 is 38.1. The summed E-state index contributed by atoms with van der Waals surface area (Å²) in [5.41, 5.74) is 2.14. The molecule has 0 atom stereocenters. The highest BCUT2D eigenvalue weighted by atomic mass is 32.2. The molecule has 0 spiro atoms. The molecule has 0 aromatic heterocycles. The van der Waals surface area contributed by atoms with Crippen molar-refractivity contribution < 1.29 is 27.5 Å². The van der Waals surface area contributed by atoms with E-state index in [-0.39, 0.29) is 16.6 Å². The second-order valence-electron chi connectivity index (χ2n) is 7.46. The Morgan fingerprint density at radius 2 is 1.44 bits per heavy atom. The highest BCUT2D eigenvalue weighted by Crippen LogP contribution is 2.27. The van der Waals surface area contributed by atoms with Crippen molar-refractivity contribution in [2.45, 2.75) is 18.2 Å². The number of amides is 1. The van der Waals surface area contributed by atoms with Gasteiger partial charge in [0.1, 0.15) is 0 Å². The summed E-state index contributed by atoms with van der Waals surface area (Å²) in [6.45, 7) is 1.83. The van der Waals surface area contributed by atoms with Crippen LogP contribution in [0.3, 0.4) is 0 Å². The number of methoxy groups -OCH3 is 2. The molecule has 0 aliphatic heterocycles. The average Bonchev–Trinajstić information content (AvgIpc) is 2.84. The van der Waals surface area contributed by atoms with Gasteiger partial charge in [0.05, 0.1) is 19.1 Å². The molecule has 0 bridgehead atoms. The molecule has 0 aliphatic carbocycles. The van der Waals surface area contributed by atoms with Gasteiger partial charge in [-0.1, -0.05) is 18.2 Å². The van der Waals surface area contributed by atoms with Crippen molar-refractivity contribution in [2.24, 2.45) is 0 Å². The number of Topliss-reactive ketones (excluding diaryl/α,β-unsaturated/α-hetero) is 1. The summed E-state index contributed by atoms with van der Waals surface area (Å²) in [7, 11) is -0.689. The number of nitrogens with one attached hydrogen (secondary N) is 2. The van der Waals surface area contributed by atoms with Crippen LogP contribution in [0, 0.1) is 0 Å². The van der Waals surface area contributed by atoms with Crippen LogP contribution in [0.25, 0.3) is 0 Å². The number of rotatable bonds is 10. The van der Waals surface area contributed by atoms with Crippen LogP contribution < -0.4 is 19.5 Å². The maximum atomic E-state index is 12.6. The molecule has 0 saturated heterocycles. The van der Waals surface area contributed by atoms with Crippen molar-refractivity contribution in [3.63, 3.8) is 0 Å². The molecule has 2 N–H and O–H groups in total. The van der Waals surface area contributed by atoms with Crippen LogP contribution in [0.2, 0.25) is 0 Å². The van der Waals surface area contributed by atoms with Crippen molar-refractivity contribution in [2.75, 3.05) is 25.5 Å². The summed E-state index contributed by atoms with van der Waals surface area (Å²) in [5, 5.41) is 2.84. The minimum atomic E-state index is -3.83. The number of ketones is 1. The van der Waals surface area contributed by atoms with E-state index in [2.05, 4.69) is 10.0 Å². The Labute approximate surface area is 199 Å². The number of hydrogen-bond acceptors (Lipinski definition) is 6. The first-order valence-corrected chi connectivity index (χ1v) is 11.9. The van der Waals surface area contributed by atoms with Gasteiger partial charge >= 0.3 is 0 Å². The van der Waals surface area contributed by atoms with Gasteiger partial charge in [-0.2, -0.15) is 0 Å². The van der Waals surface area contributed by atoms with Gasteiger partial charge in [-0.15, -0.1) is 0 Å². The molecule has 0 heterocycles. The van der Waals surface area contributed by atoms with Crippen molar-refractivity contribution in [3.8, 4) is 11.5 Å². The Bertz CT molecular complexity index is 1270. The molecule has 8 nitrogen and oxygen atoms in total. The van der Waals surface area contributed by atoms with Gasteiger partial charge < -0.3 is 14.8 Å². The lowest BCUT2D eigenvalue weighted by Crippen LogP contribution is -2.25. The number of carbonyl (C=O) groups excluding carboxylic acids is 2. The fourth-order valence-corrected chi connectivity index (χ4v) is 4.29. The van der Waals surface area contributed by atoms with E-state index in [1.54, 1.807) is 26.4 Å². The third-order valence-electron chi connectivity index (χ3n) is 5.12. The minimum absolute atomic E-state index is 0.0366. The van der Waals surface area contributed by atoms with Crippen molar-refractivity contribution in [1.29, 1.82) is 0 Å². The molecule has 34 heavy (non-hydrogen) atoms. The van der Waals surface area contributed by atoms with Gasteiger partial charge in [0.2, 0.25) is 0 Å². The zero-order valence-corrected chi connectivity index (χ0v) is 19.9. The van der Waals surface area contributed by atoms with Gasteiger partial charge in [0.15, 0.2) is 17.3 Å². The third kappa shape index (κ3) is 6.14. The van der Waals surface area contributed by atoms with Gasteiger partial charge in [-0.25, -0.2) is 8.42 Å². The van der Waals surface area contributed by atoms with Crippen LogP contribution in [-0.2, 0) is 16.4 Å². The van der Waals surface area contributed by atoms with Crippen molar-refractivity contribution >= 4 is 27.4 Å². The summed E-state index contributed by atoms with van der Waals surface area (Å²) in [6.07, 6.45) is 0.604. The predicted octanol–water partition coefficient (Wildman–Crippen LogP) is 3.68. The van der Waals surface area contributed by atoms with E-state index in [9.17, 15) is 18.0 Å². The molecule has 0 fully saturated rings. The number of ether oxygens (including phenoxy) is 2. The van der Waals surface area contributed by atoms with E-state index in [1.807, 2.05) is 18.2 Å². The van der Waals surface area contributed by atoms with Crippen LogP contribution in [0.5, 0.6) is 11.5 Å². The molecule has 3 rings (SSSR count). The molecule has 0 radical (unpaired) electrons. The summed E-state index contributed by atoms with van der Waals surface area (Å²) in [6, 6.07) is 17.4. The zero-order chi connectivity index (χ0) is 24.7. The van der Waals surface area contributed by atoms with Gasteiger partial charge in [-0.3, -0.25) is 14.3 Å². The summed E-state index contributed by atoms with van der Waals surface area (Å²) in [4.78, 5) is 23.8. The van der Waals surface area contributed by atoms with E-state index in [1.165, 1.54) is 43.3 Å². The highest BCUT2D eigenvalue weighted by Gasteiger charge is 2.15. The Kier molecular flexibility index (Phi) is 7.91. The SMILES string of the molecule is COc1ccc(CCNC(=O)c2ccc(NS(=O)(=O)c3ccc(C(C)=O)cc3)cc2)cc1OC. The monoisotopic (exact) mass is 482 g/mol. The fourth-order valence-electron chi connectivity index (χ4n) is 3.23. The van der Waals surface area contributed by atoms with Crippen LogP contribution in [-0.4, -0.2) is 40.9 Å². The number of benzene rings is 3. The lowest BCUT2D eigenvalue weighted by Gasteiger charge is -2.11. The molecule has 1 amide bonds. The largest absolute Gasteiger partial charge is 0.493 e. The predicted molar refractivity (Wildman–Crippen MR) is 129 cm³/mol. The fraction of sp³-hybridized carbons (Fsp3) is 0.200. The second kappa shape index (κ2) is 10.8. The minimum Gasteiger partial charge on any atom is -0.493 e. The van der Waals surface area contributed by atoms with Crippen LogP contribution >= 0.6 is 0 Å². The maximum Gasteiger partial charge on any atom is 0.261 e. The molecule has 3 aromatic carbocycles. The summed E-state index contributed by atoms with van der Waals surface area (Å²) in [5.74, 6) is 0.849. The molecular weight excluding hydrogens is 456 g/mol. The molecule has 178 valence electrons. The zero-order valence-electron chi connectivity index (χ0n) is 19.1. The van der Waals surface area contributed by atoms with Gasteiger partial charge in [0, 0.05) is 23.4 Å². The first-order chi connectivity index (χ1) is 16.2. The van der Waals surface area contributed by atoms with Crippen LogP contribution in [0.4, 0.5) is 5.69 Å². The van der Waals surface area contributed by atoms with E-state index in [0.29, 0.717) is 41.3 Å². The Morgan fingerprint density at radius 1 is 0.824 bits per heavy atom. The maximum absolute atomic E-state index is 12.6. The van der Waals surface area contributed by atoms with E-state index >= 15 is 0 Å². The molecule has 3 aromatic rings. The Balaban J connectivity index is 1.57. The highest BCUT2D eigenvalue weighted by molar-refractivity contribution is 7.92.